The average Bonchev–Trinajstić information content (AvgIpc) is 2.41. The summed E-state index contributed by atoms with van der Waals surface area (Å²) in [5.74, 6) is -4.10. The van der Waals surface area contributed by atoms with E-state index >= 15 is 0 Å². The molecule has 0 heterocycles. The Labute approximate surface area is 145 Å². The summed E-state index contributed by atoms with van der Waals surface area (Å²) in [5, 5.41) is 24.9. The summed E-state index contributed by atoms with van der Waals surface area (Å²) in [6, 6.07) is -3.41. The molecule has 0 bridgehead atoms. The van der Waals surface area contributed by atoms with Crippen LogP contribution in [-0.2, 0) is 24.5 Å². The largest absolute Gasteiger partial charge is 0.480 e. The predicted octanol–water partition coefficient (Wildman–Crippen LogP) is -2.52. The van der Waals surface area contributed by atoms with Crippen LogP contribution in [0.15, 0.2) is 0 Å². The van der Waals surface area contributed by atoms with Gasteiger partial charge in [0.15, 0.2) is 0 Å². The van der Waals surface area contributed by atoms with Crippen LogP contribution in [0.4, 0.5) is 0 Å². The van der Waals surface area contributed by atoms with Crippen molar-refractivity contribution < 1.29 is 42.7 Å². The second-order valence-electron chi connectivity index (χ2n) is 4.15. The fourth-order valence-electron chi connectivity index (χ4n) is 0.684. The highest BCUT2D eigenvalue weighted by molar-refractivity contribution is 8.76. The smallest absolute Gasteiger partial charge is 0.321 e. The number of nitrogens with two attached hydrogens (primary N) is 3. The summed E-state index contributed by atoms with van der Waals surface area (Å²) < 4.78 is 28.0. The molecule has 0 aliphatic rings. The molecule has 10 N–H and O–H groups in total. The highest BCUT2D eigenvalue weighted by Crippen LogP contribution is 2.22. The average molecular weight is 409 g/mol. The van der Waals surface area contributed by atoms with Gasteiger partial charge in [0.1, 0.15) is 23.9 Å². The molecule has 0 fully saturated rings. The molecule has 0 aromatic rings. The van der Waals surface area contributed by atoms with Crippen LogP contribution >= 0.6 is 21.6 Å². The molecule has 0 rings (SSSR count). The van der Waals surface area contributed by atoms with Gasteiger partial charge in [0.05, 0.1) is 0 Å². The topological polar surface area (TPSA) is 244 Å². The van der Waals surface area contributed by atoms with Gasteiger partial charge in [0, 0.05) is 11.5 Å². The normalized spacial score (nSPS) is 14.7. The van der Waals surface area contributed by atoms with E-state index in [1.807, 2.05) is 0 Å². The fourth-order valence-corrected chi connectivity index (χ4v) is 3.51. The van der Waals surface area contributed by atoms with Crippen molar-refractivity contribution in [2.75, 3.05) is 17.3 Å². The molecular weight excluding hydrogens is 390 g/mol. The first kappa shape index (κ1) is 25.1. The summed E-state index contributed by atoms with van der Waals surface area (Å²) in [5.41, 5.74) is 15.2. The van der Waals surface area contributed by atoms with Gasteiger partial charge in [-0.05, 0) is 0 Å². The molecule has 24 heavy (non-hydrogen) atoms. The van der Waals surface area contributed by atoms with Crippen molar-refractivity contribution in [1.82, 2.24) is 0 Å². The van der Waals surface area contributed by atoms with E-state index in [9.17, 15) is 22.8 Å². The van der Waals surface area contributed by atoms with Gasteiger partial charge in [0.2, 0.25) is 0 Å². The highest BCUT2D eigenvalue weighted by Gasteiger charge is 2.18. The van der Waals surface area contributed by atoms with Crippen molar-refractivity contribution in [3.63, 3.8) is 0 Å². The maximum Gasteiger partial charge on any atom is 0.321 e. The van der Waals surface area contributed by atoms with Gasteiger partial charge >= 0.3 is 17.9 Å². The lowest BCUT2D eigenvalue weighted by Gasteiger charge is -2.07. The summed E-state index contributed by atoms with van der Waals surface area (Å²) in [4.78, 5) is 30.4. The van der Waals surface area contributed by atoms with Crippen molar-refractivity contribution in [2.45, 2.75) is 18.1 Å². The molecule has 0 spiro atoms. The lowest BCUT2D eigenvalue weighted by atomic mass is 10.4. The van der Waals surface area contributed by atoms with E-state index in [0.29, 0.717) is 0 Å². The van der Waals surface area contributed by atoms with Crippen LogP contribution in [0.1, 0.15) is 0 Å². The van der Waals surface area contributed by atoms with Crippen molar-refractivity contribution in [1.29, 1.82) is 0 Å². The molecule has 142 valence electrons. The van der Waals surface area contributed by atoms with Gasteiger partial charge in [0.25, 0.3) is 10.1 Å². The molecule has 0 aromatic carbocycles. The first-order valence-corrected chi connectivity index (χ1v) is 10.0. The van der Waals surface area contributed by atoms with E-state index < -0.39 is 51.9 Å². The van der Waals surface area contributed by atoms with Crippen LogP contribution in [0.3, 0.4) is 0 Å². The molecule has 3 atom stereocenters. The third-order valence-electron chi connectivity index (χ3n) is 1.92. The van der Waals surface area contributed by atoms with E-state index in [4.69, 9.17) is 37.1 Å². The minimum absolute atomic E-state index is 0.229. The quantitative estimate of drug-likeness (QED) is 0.112. The van der Waals surface area contributed by atoms with E-state index in [2.05, 4.69) is 0 Å². The molecular formula is C9H19N3O9S3. The van der Waals surface area contributed by atoms with Crippen molar-refractivity contribution in [2.24, 2.45) is 17.2 Å². The number of aliphatic carboxylic acids is 3. The summed E-state index contributed by atoms with van der Waals surface area (Å²) in [6.07, 6.45) is 0. The molecule has 0 aliphatic heterocycles. The molecule has 0 radical (unpaired) electrons. The maximum absolute atomic E-state index is 10.3. The van der Waals surface area contributed by atoms with Crippen LogP contribution in [0, 0.1) is 0 Å². The first-order chi connectivity index (χ1) is 10.8. The van der Waals surface area contributed by atoms with Crippen LogP contribution in [0.25, 0.3) is 0 Å². The van der Waals surface area contributed by atoms with Gasteiger partial charge in [-0.3, -0.25) is 18.9 Å². The highest BCUT2D eigenvalue weighted by atomic mass is 33.1. The van der Waals surface area contributed by atoms with Gasteiger partial charge in [-0.2, -0.15) is 8.42 Å². The van der Waals surface area contributed by atoms with E-state index in [1.54, 1.807) is 0 Å². The molecule has 3 unspecified atom stereocenters. The Morgan fingerprint density at radius 3 is 1.25 bits per heavy atom. The van der Waals surface area contributed by atoms with Crippen molar-refractivity contribution in [3.05, 3.63) is 0 Å². The molecule has 0 aromatic heterocycles. The lowest BCUT2D eigenvalue weighted by Crippen LogP contribution is -2.36. The Kier molecular flexibility index (Phi) is 12.9. The molecule has 0 aliphatic carbocycles. The van der Waals surface area contributed by atoms with Gasteiger partial charge < -0.3 is 32.5 Å². The molecule has 12 nitrogen and oxygen atoms in total. The second kappa shape index (κ2) is 12.3. The SMILES string of the molecule is NC(CS(=O)(=O)O)C(=O)O.NC(CSSCC(N)C(=O)O)C(=O)O. The Hall–Kier alpha value is -1.10. The number of hydrogen-bond acceptors (Lipinski definition) is 10. The van der Waals surface area contributed by atoms with Gasteiger partial charge in [-0.25, -0.2) is 0 Å². The van der Waals surface area contributed by atoms with Crippen molar-refractivity contribution >= 4 is 49.6 Å². The standard InChI is InChI=1S/C6H12N2O4S2.C3H7NO5S/c7-3(5(9)10)1-13-14-2-4(8)6(11)12;4-2(3(5)6)1-10(7,8)9/h3-4H,1-2,7-8H2,(H,9,10)(H,11,12);2H,1,4H2,(H,5,6)(H,7,8,9). The zero-order valence-corrected chi connectivity index (χ0v) is 14.6. The Balaban J connectivity index is 0. The minimum Gasteiger partial charge on any atom is -0.480 e. The predicted molar refractivity (Wildman–Crippen MR) is 88.2 cm³/mol. The monoisotopic (exact) mass is 409 g/mol. The third-order valence-corrected chi connectivity index (χ3v) is 5.17. The fraction of sp³-hybridized carbons (Fsp3) is 0.667. The van der Waals surface area contributed by atoms with E-state index in [0.717, 1.165) is 0 Å². The van der Waals surface area contributed by atoms with E-state index in [-0.39, 0.29) is 11.5 Å². The molecule has 15 heteroatoms. The number of hydrogen-bond donors (Lipinski definition) is 7. The summed E-state index contributed by atoms with van der Waals surface area (Å²) >= 11 is 0. The number of carboxylic acids is 3. The third kappa shape index (κ3) is 15.8. The first-order valence-electron chi connectivity index (χ1n) is 5.92. The van der Waals surface area contributed by atoms with Gasteiger partial charge in [-0.15, -0.1) is 0 Å². The lowest BCUT2D eigenvalue weighted by molar-refractivity contribution is -0.138. The Bertz CT molecular complexity index is 506. The number of rotatable bonds is 10. The van der Waals surface area contributed by atoms with Crippen LogP contribution in [0.2, 0.25) is 0 Å². The zero-order valence-electron chi connectivity index (χ0n) is 12.1. The molecule has 0 saturated carbocycles. The maximum atomic E-state index is 10.3. The van der Waals surface area contributed by atoms with Crippen LogP contribution in [-0.4, -0.2) is 81.6 Å². The Morgan fingerprint density at radius 1 is 0.792 bits per heavy atom. The van der Waals surface area contributed by atoms with Crippen LogP contribution < -0.4 is 17.2 Å². The summed E-state index contributed by atoms with van der Waals surface area (Å²) in [6.45, 7) is 0. The van der Waals surface area contributed by atoms with Crippen molar-refractivity contribution in [3.8, 4) is 0 Å². The number of carbonyl (C=O) groups is 3. The number of carboxylic acid groups (broad SMARTS) is 3. The minimum atomic E-state index is -4.27. The van der Waals surface area contributed by atoms with Gasteiger partial charge in [-0.1, -0.05) is 21.6 Å². The van der Waals surface area contributed by atoms with E-state index in [1.165, 1.54) is 21.6 Å². The Morgan fingerprint density at radius 2 is 1.08 bits per heavy atom. The molecule has 0 amide bonds. The van der Waals surface area contributed by atoms with Crippen LogP contribution in [0.5, 0.6) is 0 Å². The zero-order chi connectivity index (χ0) is 19.5. The molecule has 0 saturated heterocycles. The second-order valence-corrected chi connectivity index (χ2v) is 8.20. The summed E-state index contributed by atoms with van der Waals surface area (Å²) in [7, 11) is -1.87.